The summed E-state index contributed by atoms with van der Waals surface area (Å²) in [4.78, 5) is 0. The third kappa shape index (κ3) is 2.09. The Morgan fingerprint density at radius 1 is 1.06 bits per heavy atom. The predicted molar refractivity (Wildman–Crippen MR) is 80.3 cm³/mol. The van der Waals surface area contributed by atoms with Crippen LogP contribution in [0.2, 0.25) is 0 Å². The molecule has 2 rings (SSSR count). The minimum absolute atomic E-state index is 0.247. The summed E-state index contributed by atoms with van der Waals surface area (Å²) in [6.07, 6.45) is 0.986. The summed E-state index contributed by atoms with van der Waals surface area (Å²) >= 11 is 6.67. The fraction of sp³-hybridized carbons (Fsp3) is 0.647. The fourth-order valence-electron chi connectivity index (χ4n) is 3.43. The lowest BCUT2D eigenvalue weighted by Crippen LogP contribution is -2.11. The second-order valence-corrected chi connectivity index (χ2v) is 7.62. The highest BCUT2D eigenvalue weighted by atomic mass is 35.5. The van der Waals surface area contributed by atoms with E-state index in [2.05, 4.69) is 59.7 Å². The molecule has 18 heavy (non-hydrogen) atoms. The van der Waals surface area contributed by atoms with Gasteiger partial charge >= 0.3 is 0 Å². The minimum atomic E-state index is 0.247. The zero-order chi connectivity index (χ0) is 13.7. The Morgan fingerprint density at radius 2 is 1.61 bits per heavy atom. The van der Waals surface area contributed by atoms with Crippen molar-refractivity contribution in [1.29, 1.82) is 0 Å². The minimum Gasteiger partial charge on any atom is -0.122 e. The summed E-state index contributed by atoms with van der Waals surface area (Å²) in [5, 5.41) is 0.247. The summed E-state index contributed by atoms with van der Waals surface area (Å²) in [6.45, 7) is 13.7. The van der Waals surface area contributed by atoms with Gasteiger partial charge in [-0.3, -0.25) is 0 Å². The van der Waals surface area contributed by atoms with Crippen LogP contribution in [0.1, 0.15) is 44.4 Å². The summed E-state index contributed by atoms with van der Waals surface area (Å²) in [7, 11) is 0. The molecule has 1 aromatic carbocycles. The van der Waals surface area contributed by atoms with Gasteiger partial charge in [0.1, 0.15) is 0 Å². The Balaban J connectivity index is 2.09. The van der Waals surface area contributed by atoms with Gasteiger partial charge in [-0.1, -0.05) is 45.9 Å². The molecule has 0 bridgehead atoms. The first-order chi connectivity index (χ1) is 8.18. The third-order valence-electron chi connectivity index (χ3n) is 5.50. The van der Waals surface area contributed by atoms with Crippen LogP contribution in [-0.2, 0) is 6.42 Å². The number of rotatable bonds is 3. The maximum Gasteiger partial charge on any atom is 0.0415 e. The van der Waals surface area contributed by atoms with Crippen molar-refractivity contribution in [1.82, 2.24) is 0 Å². The fourth-order valence-corrected chi connectivity index (χ4v) is 4.23. The van der Waals surface area contributed by atoms with Gasteiger partial charge in [-0.25, -0.2) is 0 Å². The number of hydrogen-bond donors (Lipinski definition) is 0. The molecule has 100 valence electrons. The second kappa shape index (κ2) is 4.27. The SMILES string of the molecule is Cc1ccc(CC(Cl)C2C(C)(C)C2(C)C)cc1C. The molecule has 0 aliphatic heterocycles. The lowest BCUT2D eigenvalue weighted by molar-refractivity contribution is 0.457. The Bertz CT molecular complexity index is 443. The van der Waals surface area contributed by atoms with Crippen molar-refractivity contribution in [3.63, 3.8) is 0 Å². The number of alkyl halides is 1. The molecule has 0 aromatic heterocycles. The van der Waals surface area contributed by atoms with Crippen molar-refractivity contribution in [2.24, 2.45) is 16.7 Å². The van der Waals surface area contributed by atoms with E-state index in [1.807, 2.05) is 0 Å². The molecule has 0 amide bonds. The van der Waals surface area contributed by atoms with Gasteiger partial charge in [-0.05, 0) is 53.7 Å². The molecule has 1 heteroatoms. The number of halogens is 1. The van der Waals surface area contributed by atoms with E-state index >= 15 is 0 Å². The smallest absolute Gasteiger partial charge is 0.0415 e. The van der Waals surface area contributed by atoms with Gasteiger partial charge in [-0.2, -0.15) is 0 Å². The lowest BCUT2D eigenvalue weighted by atomic mass is 9.99. The third-order valence-corrected chi connectivity index (χ3v) is 5.90. The normalized spacial score (nSPS) is 22.8. The quantitative estimate of drug-likeness (QED) is 0.664. The first-order valence-corrected chi connectivity index (χ1v) is 7.32. The van der Waals surface area contributed by atoms with Gasteiger partial charge in [-0.15, -0.1) is 11.6 Å². The van der Waals surface area contributed by atoms with Crippen LogP contribution in [0.4, 0.5) is 0 Å². The lowest BCUT2D eigenvalue weighted by Gasteiger charge is -2.13. The van der Waals surface area contributed by atoms with Gasteiger partial charge < -0.3 is 0 Å². The number of hydrogen-bond acceptors (Lipinski definition) is 0. The van der Waals surface area contributed by atoms with Crippen LogP contribution in [0.5, 0.6) is 0 Å². The van der Waals surface area contributed by atoms with Crippen LogP contribution in [0.25, 0.3) is 0 Å². The zero-order valence-corrected chi connectivity index (χ0v) is 13.2. The molecule has 1 aliphatic rings. The highest BCUT2D eigenvalue weighted by molar-refractivity contribution is 6.21. The molecule has 0 radical (unpaired) electrons. The number of aryl methyl sites for hydroxylation is 2. The second-order valence-electron chi connectivity index (χ2n) is 7.06. The summed E-state index contributed by atoms with van der Waals surface area (Å²) < 4.78 is 0. The topological polar surface area (TPSA) is 0 Å². The summed E-state index contributed by atoms with van der Waals surface area (Å²) in [5.41, 5.74) is 4.84. The predicted octanol–water partition coefficient (Wildman–Crippen LogP) is 5.14. The van der Waals surface area contributed by atoms with Crippen molar-refractivity contribution in [2.45, 2.75) is 53.3 Å². The Labute approximate surface area is 117 Å². The van der Waals surface area contributed by atoms with Crippen molar-refractivity contribution in [3.8, 4) is 0 Å². The highest BCUT2D eigenvalue weighted by Crippen LogP contribution is 2.70. The van der Waals surface area contributed by atoms with Crippen LogP contribution in [0, 0.1) is 30.6 Å². The van der Waals surface area contributed by atoms with Crippen LogP contribution in [0.15, 0.2) is 18.2 Å². The molecular weight excluding hydrogens is 240 g/mol. The molecule has 1 unspecified atom stereocenters. The van der Waals surface area contributed by atoms with E-state index in [0.29, 0.717) is 16.7 Å². The maximum absolute atomic E-state index is 6.67. The zero-order valence-electron chi connectivity index (χ0n) is 12.5. The van der Waals surface area contributed by atoms with Gasteiger partial charge in [0.2, 0.25) is 0 Å². The van der Waals surface area contributed by atoms with E-state index in [-0.39, 0.29) is 5.38 Å². The average molecular weight is 265 g/mol. The van der Waals surface area contributed by atoms with E-state index in [0.717, 1.165) is 6.42 Å². The molecular formula is C17H25Cl. The maximum atomic E-state index is 6.67. The molecule has 1 atom stereocenters. The molecule has 1 fully saturated rings. The standard InChI is InChI=1S/C17H25Cl/c1-11-7-8-13(9-12(11)2)10-14(18)15-16(3,4)17(15,5)6/h7-9,14-15H,10H2,1-6H3. The molecule has 0 nitrogen and oxygen atoms in total. The Kier molecular flexibility index (Phi) is 3.30. The van der Waals surface area contributed by atoms with Gasteiger partial charge in [0, 0.05) is 5.38 Å². The van der Waals surface area contributed by atoms with Crippen molar-refractivity contribution >= 4 is 11.6 Å². The van der Waals surface area contributed by atoms with Gasteiger partial charge in [0.05, 0.1) is 0 Å². The Hall–Kier alpha value is -0.490. The van der Waals surface area contributed by atoms with Gasteiger partial charge in [0.15, 0.2) is 0 Å². The van der Waals surface area contributed by atoms with Crippen LogP contribution in [-0.4, -0.2) is 5.38 Å². The van der Waals surface area contributed by atoms with E-state index < -0.39 is 0 Å². The van der Waals surface area contributed by atoms with Crippen LogP contribution >= 0.6 is 11.6 Å². The van der Waals surface area contributed by atoms with E-state index in [1.165, 1.54) is 16.7 Å². The first kappa shape index (κ1) is 13.9. The van der Waals surface area contributed by atoms with E-state index in [9.17, 15) is 0 Å². The summed E-state index contributed by atoms with van der Waals surface area (Å²) in [5.74, 6) is 0.619. The number of benzene rings is 1. The van der Waals surface area contributed by atoms with Crippen molar-refractivity contribution in [3.05, 3.63) is 34.9 Å². The molecule has 0 saturated heterocycles. The molecule has 1 aromatic rings. The molecule has 0 spiro atoms. The monoisotopic (exact) mass is 264 g/mol. The summed E-state index contributed by atoms with van der Waals surface area (Å²) in [6, 6.07) is 6.71. The van der Waals surface area contributed by atoms with E-state index in [4.69, 9.17) is 11.6 Å². The van der Waals surface area contributed by atoms with Crippen molar-refractivity contribution in [2.75, 3.05) is 0 Å². The van der Waals surface area contributed by atoms with Crippen molar-refractivity contribution < 1.29 is 0 Å². The molecule has 1 saturated carbocycles. The molecule has 0 N–H and O–H groups in total. The van der Waals surface area contributed by atoms with Crippen LogP contribution < -0.4 is 0 Å². The average Bonchev–Trinajstić information content (AvgIpc) is 2.63. The molecule has 0 heterocycles. The largest absolute Gasteiger partial charge is 0.122 e. The van der Waals surface area contributed by atoms with E-state index in [1.54, 1.807) is 0 Å². The van der Waals surface area contributed by atoms with Gasteiger partial charge in [0.25, 0.3) is 0 Å². The highest BCUT2D eigenvalue weighted by Gasteiger charge is 2.66. The Morgan fingerprint density at radius 3 is 2.06 bits per heavy atom. The van der Waals surface area contributed by atoms with Crippen LogP contribution in [0.3, 0.4) is 0 Å². The molecule has 1 aliphatic carbocycles. The first-order valence-electron chi connectivity index (χ1n) is 6.88.